The van der Waals surface area contributed by atoms with Gasteiger partial charge in [0.1, 0.15) is 6.07 Å². The Morgan fingerprint density at radius 1 is 1.29 bits per heavy atom. The molecule has 0 radical (unpaired) electrons. The van der Waals surface area contributed by atoms with Crippen LogP contribution in [0.15, 0.2) is 16.6 Å². The standard InChI is InChI=1S/C10H8BrNO2/c1-10(2)13-8-3-6(5-12)7(11)4-9(8)14-10/h3-4H,1-2H3. The molecule has 72 valence electrons. The fourth-order valence-electron chi connectivity index (χ4n) is 1.33. The lowest BCUT2D eigenvalue weighted by molar-refractivity contribution is -0.0431. The molecule has 1 aliphatic rings. The highest BCUT2D eigenvalue weighted by Gasteiger charge is 2.32. The average molecular weight is 254 g/mol. The van der Waals surface area contributed by atoms with Crippen molar-refractivity contribution in [2.75, 3.05) is 0 Å². The molecular formula is C10H8BrNO2. The Balaban J connectivity index is 2.51. The summed E-state index contributed by atoms with van der Waals surface area (Å²) in [6.45, 7) is 3.65. The van der Waals surface area contributed by atoms with Crippen LogP contribution >= 0.6 is 15.9 Å². The molecule has 0 saturated carbocycles. The van der Waals surface area contributed by atoms with E-state index in [9.17, 15) is 0 Å². The van der Waals surface area contributed by atoms with Crippen LogP contribution in [0, 0.1) is 11.3 Å². The van der Waals surface area contributed by atoms with E-state index in [2.05, 4.69) is 22.0 Å². The van der Waals surface area contributed by atoms with Crippen LogP contribution < -0.4 is 9.47 Å². The zero-order chi connectivity index (χ0) is 10.3. The Morgan fingerprint density at radius 3 is 2.43 bits per heavy atom. The maximum atomic E-state index is 8.80. The highest BCUT2D eigenvalue weighted by Crippen LogP contribution is 2.42. The van der Waals surface area contributed by atoms with Crippen molar-refractivity contribution >= 4 is 15.9 Å². The molecule has 0 aromatic heterocycles. The molecule has 3 nitrogen and oxygen atoms in total. The third-order valence-corrected chi connectivity index (χ3v) is 2.52. The van der Waals surface area contributed by atoms with E-state index in [-0.39, 0.29) is 0 Å². The summed E-state index contributed by atoms with van der Waals surface area (Å²) in [5, 5.41) is 8.80. The summed E-state index contributed by atoms with van der Waals surface area (Å²) < 4.78 is 11.7. The molecule has 0 spiro atoms. The zero-order valence-electron chi connectivity index (χ0n) is 7.80. The highest BCUT2D eigenvalue weighted by molar-refractivity contribution is 9.10. The number of nitrogens with zero attached hydrogens (tertiary/aromatic N) is 1. The first kappa shape index (κ1) is 9.35. The number of hydrogen-bond acceptors (Lipinski definition) is 3. The molecule has 1 heterocycles. The summed E-state index contributed by atoms with van der Waals surface area (Å²) in [6, 6.07) is 5.50. The molecule has 14 heavy (non-hydrogen) atoms. The second-order valence-corrected chi connectivity index (χ2v) is 4.35. The number of halogens is 1. The van der Waals surface area contributed by atoms with Crippen molar-refractivity contribution in [3.05, 3.63) is 22.2 Å². The monoisotopic (exact) mass is 253 g/mol. The fraction of sp³-hybridized carbons (Fsp3) is 0.300. The van der Waals surface area contributed by atoms with E-state index < -0.39 is 5.79 Å². The fourth-order valence-corrected chi connectivity index (χ4v) is 1.74. The smallest absolute Gasteiger partial charge is 0.246 e. The SMILES string of the molecule is CC1(C)Oc2cc(Br)c(C#N)cc2O1. The summed E-state index contributed by atoms with van der Waals surface area (Å²) in [5.41, 5.74) is 0.546. The van der Waals surface area contributed by atoms with Gasteiger partial charge in [-0.3, -0.25) is 0 Å². The second-order valence-electron chi connectivity index (χ2n) is 3.49. The zero-order valence-corrected chi connectivity index (χ0v) is 9.38. The number of benzene rings is 1. The third kappa shape index (κ3) is 1.44. The minimum absolute atomic E-state index is 0.546. The number of fused-ring (bicyclic) bond motifs is 1. The van der Waals surface area contributed by atoms with Crippen molar-refractivity contribution in [2.24, 2.45) is 0 Å². The normalized spacial score (nSPS) is 16.4. The topological polar surface area (TPSA) is 42.2 Å². The molecule has 1 aliphatic heterocycles. The van der Waals surface area contributed by atoms with Gasteiger partial charge in [-0.2, -0.15) is 5.26 Å². The average Bonchev–Trinajstić information content (AvgIpc) is 2.36. The van der Waals surface area contributed by atoms with Crippen LogP contribution in [-0.4, -0.2) is 5.79 Å². The maximum Gasteiger partial charge on any atom is 0.246 e. The van der Waals surface area contributed by atoms with Crippen molar-refractivity contribution in [3.63, 3.8) is 0 Å². The van der Waals surface area contributed by atoms with Crippen molar-refractivity contribution in [3.8, 4) is 17.6 Å². The molecule has 0 saturated heterocycles. The Morgan fingerprint density at radius 2 is 1.86 bits per heavy atom. The van der Waals surface area contributed by atoms with Gasteiger partial charge >= 0.3 is 0 Å². The lowest BCUT2D eigenvalue weighted by atomic mass is 10.2. The molecule has 0 N–H and O–H groups in total. The first-order chi connectivity index (χ1) is 6.52. The molecule has 1 aromatic rings. The molecule has 0 aliphatic carbocycles. The first-order valence-electron chi connectivity index (χ1n) is 4.13. The van der Waals surface area contributed by atoms with Crippen LogP contribution in [0.3, 0.4) is 0 Å². The Labute approximate surface area is 90.4 Å². The van der Waals surface area contributed by atoms with Gasteiger partial charge in [-0.05, 0) is 22.0 Å². The van der Waals surface area contributed by atoms with E-state index in [1.165, 1.54) is 0 Å². The Kier molecular flexibility index (Phi) is 1.93. The number of ether oxygens (including phenoxy) is 2. The summed E-state index contributed by atoms with van der Waals surface area (Å²) in [4.78, 5) is 0. The maximum absolute atomic E-state index is 8.80. The quantitative estimate of drug-likeness (QED) is 0.714. The molecule has 2 rings (SSSR count). The van der Waals surface area contributed by atoms with Gasteiger partial charge in [-0.15, -0.1) is 0 Å². The van der Waals surface area contributed by atoms with Crippen LogP contribution in [0.25, 0.3) is 0 Å². The lowest BCUT2D eigenvalue weighted by Crippen LogP contribution is -2.29. The van der Waals surface area contributed by atoms with Crippen molar-refractivity contribution in [1.29, 1.82) is 5.26 Å². The van der Waals surface area contributed by atoms with E-state index in [4.69, 9.17) is 14.7 Å². The van der Waals surface area contributed by atoms with E-state index in [1.54, 1.807) is 12.1 Å². The first-order valence-corrected chi connectivity index (χ1v) is 4.93. The number of rotatable bonds is 0. The van der Waals surface area contributed by atoms with Crippen LogP contribution in [0.2, 0.25) is 0 Å². The highest BCUT2D eigenvalue weighted by atomic mass is 79.9. The molecule has 0 atom stereocenters. The largest absolute Gasteiger partial charge is 0.449 e. The van der Waals surface area contributed by atoms with E-state index in [0.29, 0.717) is 17.1 Å². The third-order valence-electron chi connectivity index (χ3n) is 1.87. The number of nitriles is 1. The minimum Gasteiger partial charge on any atom is -0.449 e. The Bertz CT molecular complexity index is 434. The summed E-state index contributed by atoms with van der Waals surface area (Å²) in [7, 11) is 0. The van der Waals surface area contributed by atoms with Crippen molar-refractivity contribution in [1.82, 2.24) is 0 Å². The molecule has 0 unspecified atom stereocenters. The predicted octanol–water partition coefficient (Wildman–Crippen LogP) is 2.83. The summed E-state index contributed by atoms with van der Waals surface area (Å²) in [6.07, 6.45) is 0. The van der Waals surface area contributed by atoms with E-state index >= 15 is 0 Å². The van der Waals surface area contributed by atoms with Gasteiger partial charge in [0.25, 0.3) is 0 Å². The van der Waals surface area contributed by atoms with Gasteiger partial charge < -0.3 is 9.47 Å². The van der Waals surface area contributed by atoms with Gasteiger partial charge in [0.15, 0.2) is 11.5 Å². The molecule has 0 amide bonds. The summed E-state index contributed by atoms with van der Waals surface area (Å²) in [5.74, 6) is 0.645. The van der Waals surface area contributed by atoms with Gasteiger partial charge in [0, 0.05) is 24.4 Å². The van der Waals surface area contributed by atoms with Crippen molar-refractivity contribution in [2.45, 2.75) is 19.6 Å². The minimum atomic E-state index is -0.643. The van der Waals surface area contributed by atoms with Crippen molar-refractivity contribution < 1.29 is 9.47 Å². The van der Waals surface area contributed by atoms with Crippen LogP contribution in [0.5, 0.6) is 11.5 Å². The van der Waals surface area contributed by atoms with Gasteiger partial charge in [-0.25, -0.2) is 0 Å². The summed E-state index contributed by atoms with van der Waals surface area (Å²) >= 11 is 3.29. The van der Waals surface area contributed by atoms with Gasteiger partial charge in [0.05, 0.1) is 5.56 Å². The Hall–Kier alpha value is -1.21. The molecule has 0 fully saturated rings. The van der Waals surface area contributed by atoms with Gasteiger partial charge in [-0.1, -0.05) is 0 Å². The lowest BCUT2D eigenvalue weighted by Gasteiger charge is -2.16. The molecule has 0 bridgehead atoms. The molecule has 4 heteroatoms. The van der Waals surface area contributed by atoms with Gasteiger partial charge in [0.2, 0.25) is 5.79 Å². The predicted molar refractivity (Wildman–Crippen MR) is 54.2 cm³/mol. The van der Waals surface area contributed by atoms with E-state index in [1.807, 2.05) is 13.8 Å². The number of hydrogen-bond donors (Lipinski definition) is 0. The van der Waals surface area contributed by atoms with Crippen LogP contribution in [0.1, 0.15) is 19.4 Å². The molecular weight excluding hydrogens is 246 g/mol. The molecule has 1 aromatic carbocycles. The second kappa shape index (κ2) is 2.89. The van der Waals surface area contributed by atoms with E-state index in [0.717, 1.165) is 4.47 Å². The van der Waals surface area contributed by atoms with Crippen LogP contribution in [0.4, 0.5) is 0 Å². The van der Waals surface area contributed by atoms with Crippen LogP contribution in [-0.2, 0) is 0 Å².